The molecule has 0 spiro atoms. The maximum atomic E-state index is 12.6. The van der Waals surface area contributed by atoms with E-state index in [1.165, 1.54) is 116 Å². The van der Waals surface area contributed by atoms with E-state index in [-0.39, 0.29) is 32.6 Å². The van der Waals surface area contributed by atoms with Crippen molar-refractivity contribution in [3.05, 3.63) is 48.6 Å². The third-order valence-corrected chi connectivity index (χ3v) is 10.2. The number of unbranched alkanes of at least 4 members (excludes halogenated alkanes) is 20. The first-order valence-corrected chi connectivity index (χ1v) is 23.6. The van der Waals surface area contributed by atoms with Crippen LogP contribution in [0.1, 0.15) is 194 Å². The Morgan fingerprint density at radius 1 is 0.545 bits per heavy atom. The zero-order valence-electron chi connectivity index (χ0n) is 35.2. The van der Waals surface area contributed by atoms with Crippen molar-refractivity contribution in [1.29, 1.82) is 0 Å². The van der Waals surface area contributed by atoms with Crippen LogP contribution >= 0.6 is 7.82 Å². The SMILES string of the molecule is CCCCCCCCC/C=C/C/C=C/C/C=C/C/C=C/CCCC(=O)O[C@H](COC(=O)CCCCCCCCCCCCCCC)COP(=O)(O)OCCN. The molecule has 0 bridgehead atoms. The Balaban J connectivity index is 4.24. The van der Waals surface area contributed by atoms with E-state index in [2.05, 4.69) is 56.4 Å². The van der Waals surface area contributed by atoms with Crippen LogP contribution in [0, 0.1) is 0 Å². The van der Waals surface area contributed by atoms with E-state index in [9.17, 15) is 19.0 Å². The Kier molecular flexibility index (Phi) is 40.1. The number of esters is 2. The molecule has 0 aliphatic carbocycles. The van der Waals surface area contributed by atoms with E-state index in [0.29, 0.717) is 12.8 Å². The standard InChI is InChI=1S/C45H82NO8P/c1-3-5-7-9-11-13-15-17-18-19-20-21-22-23-24-26-28-30-32-34-36-38-45(48)54-43(42-53-55(49,50)52-40-39-46)41-51-44(47)37-35-33-31-29-27-25-16-14-12-10-8-6-4-2/h18-19,21-22,24,26,30,32,43H,3-17,20,23,25,27-29,31,33-42,46H2,1-2H3,(H,49,50)/b19-18+,22-21+,26-24+,32-30+/t43-/m1/s1. The lowest BCUT2D eigenvalue weighted by Crippen LogP contribution is -2.29. The molecule has 0 amide bonds. The van der Waals surface area contributed by atoms with Crippen molar-refractivity contribution in [2.75, 3.05) is 26.4 Å². The highest BCUT2D eigenvalue weighted by Crippen LogP contribution is 2.43. The average molecular weight is 796 g/mol. The fraction of sp³-hybridized carbons (Fsp3) is 0.778. The van der Waals surface area contributed by atoms with E-state index < -0.39 is 32.5 Å². The number of allylic oxidation sites excluding steroid dienone is 8. The molecule has 55 heavy (non-hydrogen) atoms. The summed E-state index contributed by atoms with van der Waals surface area (Å²) in [6, 6.07) is 0. The average Bonchev–Trinajstić information content (AvgIpc) is 3.17. The van der Waals surface area contributed by atoms with Gasteiger partial charge in [0.05, 0.1) is 13.2 Å². The Bertz CT molecular complexity index is 1040. The van der Waals surface area contributed by atoms with Gasteiger partial charge in [0, 0.05) is 19.4 Å². The Morgan fingerprint density at radius 3 is 1.45 bits per heavy atom. The summed E-state index contributed by atoms with van der Waals surface area (Å²) in [5.74, 6) is -0.892. The molecule has 10 heteroatoms. The summed E-state index contributed by atoms with van der Waals surface area (Å²) in [5, 5.41) is 0. The molecule has 0 aliphatic heterocycles. The molecule has 0 rings (SSSR count). The summed E-state index contributed by atoms with van der Waals surface area (Å²) in [5.41, 5.74) is 5.34. The summed E-state index contributed by atoms with van der Waals surface area (Å²) in [6.07, 6.45) is 47.2. The molecular formula is C45H82NO8P. The normalized spacial score (nSPS) is 13.7. The molecule has 3 N–H and O–H groups in total. The molecule has 0 saturated heterocycles. The lowest BCUT2D eigenvalue weighted by atomic mass is 10.0. The van der Waals surface area contributed by atoms with Crippen molar-refractivity contribution < 1.29 is 37.6 Å². The molecule has 0 aromatic heterocycles. The lowest BCUT2D eigenvalue weighted by Gasteiger charge is -2.19. The minimum Gasteiger partial charge on any atom is -0.462 e. The lowest BCUT2D eigenvalue weighted by molar-refractivity contribution is -0.161. The molecule has 0 aliphatic rings. The number of hydrogen-bond acceptors (Lipinski definition) is 8. The third-order valence-electron chi connectivity index (χ3n) is 9.22. The largest absolute Gasteiger partial charge is 0.472 e. The molecule has 1 unspecified atom stereocenters. The number of ether oxygens (including phenoxy) is 2. The van der Waals surface area contributed by atoms with Crippen molar-refractivity contribution in [1.82, 2.24) is 0 Å². The van der Waals surface area contributed by atoms with E-state index in [1.807, 2.05) is 6.08 Å². The summed E-state index contributed by atoms with van der Waals surface area (Å²) in [7, 11) is -4.39. The van der Waals surface area contributed by atoms with Gasteiger partial charge in [-0.05, 0) is 51.4 Å². The molecule has 0 fully saturated rings. The van der Waals surface area contributed by atoms with Gasteiger partial charge in [-0.25, -0.2) is 4.57 Å². The molecule has 0 aromatic carbocycles. The highest BCUT2D eigenvalue weighted by Gasteiger charge is 2.25. The van der Waals surface area contributed by atoms with E-state index in [1.54, 1.807) is 0 Å². The second-order valence-electron chi connectivity index (χ2n) is 14.6. The number of phosphoric acid groups is 1. The van der Waals surface area contributed by atoms with Crippen LogP contribution in [0.25, 0.3) is 0 Å². The van der Waals surface area contributed by atoms with Crippen LogP contribution in [0.15, 0.2) is 48.6 Å². The first kappa shape index (κ1) is 53.0. The molecule has 9 nitrogen and oxygen atoms in total. The highest BCUT2D eigenvalue weighted by molar-refractivity contribution is 7.47. The van der Waals surface area contributed by atoms with Gasteiger partial charge in [-0.3, -0.25) is 18.6 Å². The van der Waals surface area contributed by atoms with Crippen molar-refractivity contribution in [3.8, 4) is 0 Å². The number of carbonyl (C=O) groups excluding carboxylic acids is 2. The van der Waals surface area contributed by atoms with Gasteiger partial charge in [0.1, 0.15) is 6.61 Å². The molecule has 0 radical (unpaired) electrons. The molecular weight excluding hydrogens is 713 g/mol. The second kappa shape index (κ2) is 41.6. The molecule has 0 aromatic rings. The van der Waals surface area contributed by atoms with E-state index in [4.69, 9.17) is 24.3 Å². The van der Waals surface area contributed by atoms with Gasteiger partial charge in [-0.15, -0.1) is 0 Å². The van der Waals surface area contributed by atoms with Crippen LogP contribution in [0.5, 0.6) is 0 Å². The van der Waals surface area contributed by atoms with Gasteiger partial charge in [-0.2, -0.15) is 0 Å². The summed E-state index contributed by atoms with van der Waals surface area (Å²) in [6.45, 7) is 3.67. The number of nitrogens with two attached hydrogens (primary N) is 1. The maximum absolute atomic E-state index is 12.6. The number of carbonyl (C=O) groups is 2. The first-order valence-electron chi connectivity index (χ1n) is 22.1. The third kappa shape index (κ3) is 41.4. The van der Waals surface area contributed by atoms with E-state index in [0.717, 1.165) is 38.5 Å². The summed E-state index contributed by atoms with van der Waals surface area (Å²) in [4.78, 5) is 34.8. The molecule has 2 atom stereocenters. The van der Waals surface area contributed by atoms with Crippen molar-refractivity contribution in [2.45, 2.75) is 200 Å². The van der Waals surface area contributed by atoms with Gasteiger partial charge in [0.2, 0.25) is 0 Å². The molecule has 320 valence electrons. The summed E-state index contributed by atoms with van der Waals surface area (Å²) < 4.78 is 32.7. The van der Waals surface area contributed by atoms with Gasteiger partial charge in [0.25, 0.3) is 0 Å². The predicted octanol–water partition coefficient (Wildman–Crippen LogP) is 12.7. The minimum absolute atomic E-state index is 0.0444. The highest BCUT2D eigenvalue weighted by atomic mass is 31.2. The Labute approximate surface area is 336 Å². The van der Waals surface area contributed by atoms with Crippen molar-refractivity contribution >= 4 is 19.8 Å². The second-order valence-corrected chi connectivity index (χ2v) is 16.0. The van der Waals surface area contributed by atoms with Crippen LogP contribution < -0.4 is 5.73 Å². The zero-order valence-corrected chi connectivity index (χ0v) is 36.0. The van der Waals surface area contributed by atoms with Crippen molar-refractivity contribution in [2.24, 2.45) is 5.73 Å². The fourth-order valence-corrected chi connectivity index (χ4v) is 6.69. The van der Waals surface area contributed by atoms with Crippen LogP contribution in [-0.4, -0.2) is 49.3 Å². The Hall–Kier alpha value is -2.03. The summed E-state index contributed by atoms with van der Waals surface area (Å²) >= 11 is 0. The number of hydrogen-bond donors (Lipinski definition) is 2. The molecule has 0 heterocycles. The van der Waals surface area contributed by atoms with E-state index >= 15 is 0 Å². The fourth-order valence-electron chi connectivity index (χ4n) is 5.92. The van der Waals surface area contributed by atoms with Crippen LogP contribution in [-0.2, 0) is 32.7 Å². The smallest absolute Gasteiger partial charge is 0.462 e. The quantitative estimate of drug-likeness (QED) is 0.0268. The topological polar surface area (TPSA) is 134 Å². The predicted molar refractivity (Wildman–Crippen MR) is 229 cm³/mol. The van der Waals surface area contributed by atoms with Gasteiger partial charge < -0.3 is 20.1 Å². The molecule has 0 saturated carbocycles. The monoisotopic (exact) mass is 796 g/mol. The van der Waals surface area contributed by atoms with Crippen LogP contribution in [0.2, 0.25) is 0 Å². The first-order chi connectivity index (χ1) is 26.8. The van der Waals surface area contributed by atoms with Gasteiger partial charge in [0.15, 0.2) is 6.10 Å². The number of phosphoric ester groups is 1. The van der Waals surface area contributed by atoms with Crippen molar-refractivity contribution in [3.63, 3.8) is 0 Å². The minimum atomic E-state index is -4.39. The van der Waals surface area contributed by atoms with Gasteiger partial charge in [-0.1, -0.05) is 178 Å². The van der Waals surface area contributed by atoms with Crippen LogP contribution in [0.3, 0.4) is 0 Å². The Morgan fingerprint density at radius 2 is 0.964 bits per heavy atom. The van der Waals surface area contributed by atoms with Gasteiger partial charge >= 0.3 is 19.8 Å². The zero-order chi connectivity index (χ0) is 40.3. The maximum Gasteiger partial charge on any atom is 0.472 e. The van der Waals surface area contributed by atoms with Crippen LogP contribution in [0.4, 0.5) is 0 Å². The number of rotatable bonds is 41.